The molecular weight excluding hydrogens is 348 g/mol. The first-order valence-electron chi connectivity index (χ1n) is 7.96. The van der Waals surface area contributed by atoms with Gasteiger partial charge in [0.15, 0.2) is 5.16 Å². The van der Waals surface area contributed by atoms with Crippen LogP contribution in [-0.2, 0) is 12.3 Å². The number of aromatic nitrogens is 2. The van der Waals surface area contributed by atoms with Gasteiger partial charge in [-0.2, -0.15) is 0 Å². The van der Waals surface area contributed by atoms with Gasteiger partial charge in [-0.3, -0.25) is 9.36 Å². The maximum Gasteiger partial charge on any atom is 0.263 e. The maximum atomic E-state index is 12.7. The van der Waals surface area contributed by atoms with Crippen molar-refractivity contribution in [2.75, 3.05) is 0 Å². The van der Waals surface area contributed by atoms with Crippen LogP contribution in [0.2, 0.25) is 0 Å². The molecule has 0 aliphatic carbocycles. The zero-order valence-electron chi connectivity index (χ0n) is 13.5. The summed E-state index contributed by atoms with van der Waals surface area (Å²) < 4.78 is 1.71. The Kier molecular flexibility index (Phi) is 4.42. The smallest absolute Gasteiger partial charge is 0.263 e. The first-order valence-corrected chi connectivity index (χ1v) is 9.83. The van der Waals surface area contributed by atoms with Crippen molar-refractivity contribution in [3.05, 3.63) is 82.5 Å². The summed E-state index contributed by atoms with van der Waals surface area (Å²) in [6.45, 7) is 4.24. The molecule has 0 amide bonds. The first-order chi connectivity index (χ1) is 12.3. The predicted molar refractivity (Wildman–Crippen MR) is 108 cm³/mol. The van der Waals surface area contributed by atoms with E-state index in [1.807, 2.05) is 17.5 Å². The Labute approximate surface area is 153 Å². The highest BCUT2D eigenvalue weighted by Crippen LogP contribution is 2.27. The van der Waals surface area contributed by atoms with Crippen LogP contribution in [0.4, 0.5) is 0 Å². The standard InChI is InChI=1S/C20H16N2OS2/c1-2-11-22-19(23)17-10-12-24-18(17)21-20(22)25-13-15-8-5-7-14-6-3-4-9-16(14)15/h2-10,12H,1,11,13H2. The number of hydrogen-bond acceptors (Lipinski definition) is 4. The van der Waals surface area contributed by atoms with Crippen molar-refractivity contribution in [2.24, 2.45) is 0 Å². The molecule has 0 atom stereocenters. The lowest BCUT2D eigenvalue weighted by Crippen LogP contribution is -2.22. The van der Waals surface area contributed by atoms with Crippen molar-refractivity contribution in [3.8, 4) is 0 Å². The van der Waals surface area contributed by atoms with Crippen molar-refractivity contribution < 1.29 is 0 Å². The van der Waals surface area contributed by atoms with Gasteiger partial charge in [0.25, 0.3) is 5.56 Å². The lowest BCUT2D eigenvalue weighted by atomic mass is 10.1. The van der Waals surface area contributed by atoms with E-state index < -0.39 is 0 Å². The van der Waals surface area contributed by atoms with Crippen molar-refractivity contribution in [1.82, 2.24) is 9.55 Å². The summed E-state index contributed by atoms with van der Waals surface area (Å²) in [6, 6.07) is 16.5. The number of allylic oxidation sites excluding steroid dienone is 1. The minimum atomic E-state index is 0.00608. The third-order valence-electron chi connectivity index (χ3n) is 4.10. The van der Waals surface area contributed by atoms with Crippen molar-refractivity contribution in [2.45, 2.75) is 17.5 Å². The van der Waals surface area contributed by atoms with E-state index in [0.717, 1.165) is 15.7 Å². The number of fused-ring (bicyclic) bond motifs is 2. The summed E-state index contributed by atoms with van der Waals surface area (Å²) >= 11 is 3.10. The Balaban J connectivity index is 1.74. The van der Waals surface area contributed by atoms with Gasteiger partial charge < -0.3 is 0 Å². The third kappa shape index (κ3) is 3.01. The SMILES string of the molecule is C=CCn1c(SCc2cccc3ccccc23)nc2sccc2c1=O. The molecule has 2 aromatic heterocycles. The van der Waals surface area contributed by atoms with E-state index in [1.54, 1.807) is 22.4 Å². The zero-order valence-corrected chi connectivity index (χ0v) is 15.1. The monoisotopic (exact) mass is 364 g/mol. The number of nitrogens with zero attached hydrogens (tertiary/aromatic N) is 2. The van der Waals surface area contributed by atoms with Crippen LogP contribution in [0.5, 0.6) is 0 Å². The number of hydrogen-bond donors (Lipinski definition) is 0. The van der Waals surface area contributed by atoms with Gasteiger partial charge in [0.1, 0.15) is 4.83 Å². The number of thioether (sulfide) groups is 1. The molecule has 2 aromatic carbocycles. The average Bonchev–Trinajstić information content (AvgIpc) is 3.11. The van der Waals surface area contributed by atoms with E-state index in [0.29, 0.717) is 11.9 Å². The van der Waals surface area contributed by atoms with Gasteiger partial charge >= 0.3 is 0 Å². The summed E-state index contributed by atoms with van der Waals surface area (Å²) in [4.78, 5) is 18.2. The van der Waals surface area contributed by atoms with E-state index in [4.69, 9.17) is 4.98 Å². The molecule has 0 saturated heterocycles. The highest BCUT2D eigenvalue weighted by molar-refractivity contribution is 7.98. The van der Waals surface area contributed by atoms with Crippen molar-refractivity contribution in [1.29, 1.82) is 0 Å². The van der Waals surface area contributed by atoms with Crippen LogP contribution >= 0.6 is 23.1 Å². The summed E-state index contributed by atoms with van der Waals surface area (Å²) in [5.41, 5.74) is 1.25. The normalized spacial score (nSPS) is 11.2. The molecule has 25 heavy (non-hydrogen) atoms. The third-order valence-corrected chi connectivity index (χ3v) is 5.93. The van der Waals surface area contributed by atoms with Crippen LogP contribution < -0.4 is 5.56 Å². The second-order valence-corrected chi connectivity index (χ2v) is 7.50. The fourth-order valence-corrected chi connectivity index (χ4v) is 4.71. The molecule has 0 spiro atoms. The average molecular weight is 364 g/mol. The van der Waals surface area contributed by atoms with Crippen LogP contribution in [0.25, 0.3) is 21.0 Å². The minimum absolute atomic E-state index is 0.00608. The van der Waals surface area contributed by atoms with Crippen LogP contribution in [0.3, 0.4) is 0 Å². The van der Waals surface area contributed by atoms with Crippen LogP contribution in [-0.4, -0.2) is 9.55 Å². The number of rotatable bonds is 5. The van der Waals surface area contributed by atoms with Crippen molar-refractivity contribution in [3.63, 3.8) is 0 Å². The Bertz CT molecular complexity index is 1120. The molecule has 5 heteroatoms. The first kappa shape index (κ1) is 16.1. The van der Waals surface area contributed by atoms with Gasteiger partial charge in [0, 0.05) is 12.3 Å². The van der Waals surface area contributed by atoms with Crippen LogP contribution in [0, 0.1) is 0 Å². The second-order valence-electron chi connectivity index (χ2n) is 5.67. The summed E-state index contributed by atoms with van der Waals surface area (Å²) in [7, 11) is 0. The van der Waals surface area contributed by atoms with Gasteiger partial charge in [-0.05, 0) is 27.8 Å². The molecule has 0 radical (unpaired) electrons. The van der Waals surface area contributed by atoms with Gasteiger partial charge in [-0.15, -0.1) is 17.9 Å². The molecule has 4 aromatic rings. The molecule has 2 heterocycles. The van der Waals surface area contributed by atoms with E-state index in [2.05, 4.69) is 43.0 Å². The highest BCUT2D eigenvalue weighted by atomic mass is 32.2. The molecule has 0 bridgehead atoms. The topological polar surface area (TPSA) is 34.9 Å². The van der Waals surface area contributed by atoms with Crippen LogP contribution in [0.15, 0.2) is 76.5 Å². The lowest BCUT2D eigenvalue weighted by molar-refractivity contribution is 0.673. The molecule has 4 rings (SSSR count). The second kappa shape index (κ2) is 6.86. The number of thiophene rings is 1. The van der Waals surface area contributed by atoms with Crippen molar-refractivity contribution >= 4 is 44.1 Å². The summed E-state index contributed by atoms with van der Waals surface area (Å²) in [5, 5.41) is 5.81. The summed E-state index contributed by atoms with van der Waals surface area (Å²) in [5.74, 6) is 0.766. The van der Waals surface area contributed by atoms with E-state index in [1.165, 1.54) is 27.7 Å². The quantitative estimate of drug-likeness (QED) is 0.281. The Morgan fingerprint density at radius 3 is 2.84 bits per heavy atom. The van der Waals surface area contributed by atoms with E-state index >= 15 is 0 Å². The molecule has 3 nitrogen and oxygen atoms in total. The van der Waals surface area contributed by atoms with E-state index in [9.17, 15) is 4.79 Å². The molecular formula is C20H16N2OS2. The lowest BCUT2D eigenvalue weighted by Gasteiger charge is -2.11. The fraction of sp³-hybridized carbons (Fsp3) is 0.100. The molecule has 0 saturated carbocycles. The number of benzene rings is 2. The molecule has 0 unspecified atom stereocenters. The molecule has 0 aliphatic heterocycles. The van der Waals surface area contributed by atoms with Gasteiger partial charge in [-0.1, -0.05) is 60.3 Å². The highest BCUT2D eigenvalue weighted by Gasteiger charge is 2.12. The van der Waals surface area contributed by atoms with Gasteiger partial charge in [0.05, 0.1) is 5.39 Å². The Morgan fingerprint density at radius 1 is 1.12 bits per heavy atom. The zero-order chi connectivity index (χ0) is 17.2. The van der Waals surface area contributed by atoms with Gasteiger partial charge in [-0.25, -0.2) is 4.98 Å². The Morgan fingerprint density at radius 2 is 1.96 bits per heavy atom. The Hall–Kier alpha value is -2.37. The molecule has 0 fully saturated rings. The largest absolute Gasteiger partial charge is 0.283 e. The maximum absolute atomic E-state index is 12.7. The summed E-state index contributed by atoms with van der Waals surface area (Å²) in [6.07, 6.45) is 1.74. The molecule has 124 valence electrons. The van der Waals surface area contributed by atoms with E-state index in [-0.39, 0.29) is 5.56 Å². The van der Waals surface area contributed by atoms with Crippen LogP contribution in [0.1, 0.15) is 5.56 Å². The predicted octanol–water partition coefficient (Wildman–Crippen LogP) is 5.09. The fourth-order valence-electron chi connectivity index (χ4n) is 2.89. The minimum Gasteiger partial charge on any atom is -0.283 e. The molecule has 0 aliphatic rings. The van der Waals surface area contributed by atoms with Gasteiger partial charge in [0.2, 0.25) is 0 Å². The molecule has 0 N–H and O–H groups in total.